The quantitative estimate of drug-likeness (QED) is 0.777. The van der Waals surface area contributed by atoms with Gasteiger partial charge >= 0.3 is 0 Å². The van der Waals surface area contributed by atoms with Gasteiger partial charge < -0.3 is 10.5 Å². The second-order valence-corrected chi connectivity index (χ2v) is 4.50. The van der Waals surface area contributed by atoms with Gasteiger partial charge in [-0.2, -0.15) is 0 Å². The zero-order valence-corrected chi connectivity index (χ0v) is 11.3. The molecule has 1 atom stereocenters. The number of rotatable bonds is 7. The normalized spacial score (nSPS) is 12.8. The number of ether oxygens (including phenoxy) is 1. The Kier molecular flexibility index (Phi) is 6.06. The maximum atomic E-state index is 6.30. The summed E-state index contributed by atoms with van der Waals surface area (Å²) in [5.74, 6) is 1.65. The van der Waals surface area contributed by atoms with Crippen LogP contribution in [0.25, 0.3) is 0 Å². The molecule has 1 rings (SSSR count). The van der Waals surface area contributed by atoms with Crippen LogP contribution < -0.4 is 10.5 Å². The summed E-state index contributed by atoms with van der Waals surface area (Å²) in [6.45, 7) is 7.16. The van der Waals surface area contributed by atoms with Crippen LogP contribution in [0.2, 0.25) is 0 Å². The first kappa shape index (κ1) is 14.0. The van der Waals surface area contributed by atoms with Crippen LogP contribution in [0.15, 0.2) is 24.3 Å². The van der Waals surface area contributed by atoms with Crippen molar-refractivity contribution in [3.05, 3.63) is 29.8 Å². The molecule has 0 fully saturated rings. The van der Waals surface area contributed by atoms with Crippen LogP contribution >= 0.6 is 0 Å². The maximum absolute atomic E-state index is 6.30. The number of hydrogen-bond donors (Lipinski definition) is 1. The molecule has 1 aromatic rings. The number of benzene rings is 1. The van der Waals surface area contributed by atoms with E-state index in [1.54, 1.807) is 0 Å². The molecule has 0 saturated heterocycles. The van der Waals surface area contributed by atoms with Crippen molar-refractivity contribution in [3.63, 3.8) is 0 Å². The van der Waals surface area contributed by atoms with Crippen LogP contribution in [0.1, 0.15) is 51.6 Å². The van der Waals surface area contributed by atoms with E-state index in [0.29, 0.717) is 12.5 Å². The molecule has 0 amide bonds. The standard InChI is InChI=1S/C15H25NO/c1-4-12(5-2)11-14(16)13-9-7-8-10-15(13)17-6-3/h7-10,12,14H,4-6,11,16H2,1-3H3. The molecule has 2 nitrogen and oxygen atoms in total. The molecule has 0 aliphatic rings. The van der Waals surface area contributed by atoms with Crippen molar-refractivity contribution >= 4 is 0 Å². The van der Waals surface area contributed by atoms with E-state index in [4.69, 9.17) is 10.5 Å². The van der Waals surface area contributed by atoms with Gasteiger partial charge in [0.1, 0.15) is 5.75 Å². The Labute approximate surface area is 105 Å². The molecule has 96 valence electrons. The lowest BCUT2D eigenvalue weighted by atomic mass is 9.91. The predicted octanol–water partition coefficient (Wildman–Crippen LogP) is 3.91. The van der Waals surface area contributed by atoms with Crippen molar-refractivity contribution in [2.24, 2.45) is 11.7 Å². The van der Waals surface area contributed by atoms with Gasteiger partial charge in [-0.3, -0.25) is 0 Å². The van der Waals surface area contributed by atoms with Crippen molar-refractivity contribution < 1.29 is 4.74 Å². The van der Waals surface area contributed by atoms with E-state index in [1.165, 1.54) is 12.8 Å². The third-order valence-electron chi connectivity index (χ3n) is 3.36. The van der Waals surface area contributed by atoms with E-state index < -0.39 is 0 Å². The average molecular weight is 235 g/mol. The highest BCUT2D eigenvalue weighted by atomic mass is 16.5. The number of hydrogen-bond acceptors (Lipinski definition) is 2. The van der Waals surface area contributed by atoms with E-state index >= 15 is 0 Å². The average Bonchev–Trinajstić information content (AvgIpc) is 2.36. The van der Waals surface area contributed by atoms with Gasteiger partial charge in [-0.25, -0.2) is 0 Å². The Balaban J connectivity index is 2.76. The van der Waals surface area contributed by atoms with Crippen molar-refractivity contribution in [2.45, 2.75) is 46.1 Å². The minimum atomic E-state index is 0.0858. The van der Waals surface area contributed by atoms with Crippen LogP contribution in [0, 0.1) is 5.92 Å². The first-order valence-corrected chi connectivity index (χ1v) is 6.70. The van der Waals surface area contributed by atoms with Crippen molar-refractivity contribution in [1.29, 1.82) is 0 Å². The Morgan fingerprint density at radius 1 is 1.12 bits per heavy atom. The molecule has 0 aromatic heterocycles. The van der Waals surface area contributed by atoms with Gasteiger partial charge in [0.15, 0.2) is 0 Å². The molecule has 0 aliphatic heterocycles. The molecule has 2 N–H and O–H groups in total. The van der Waals surface area contributed by atoms with Gasteiger partial charge in [0.05, 0.1) is 6.61 Å². The van der Waals surface area contributed by atoms with Crippen molar-refractivity contribution in [1.82, 2.24) is 0 Å². The van der Waals surface area contributed by atoms with E-state index in [0.717, 1.165) is 17.7 Å². The molecule has 2 heteroatoms. The molecule has 0 radical (unpaired) electrons. The second kappa shape index (κ2) is 7.33. The molecule has 0 bridgehead atoms. The van der Waals surface area contributed by atoms with Gasteiger partial charge in [-0.05, 0) is 25.3 Å². The fourth-order valence-electron chi connectivity index (χ4n) is 2.18. The zero-order valence-electron chi connectivity index (χ0n) is 11.3. The summed E-state index contributed by atoms with van der Waals surface area (Å²) in [4.78, 5) is 0. The van der Waals surface area contributed by atoms with Crippen molar-refractivity contribution in [2.75, 3.05) is 6.61 Å². The SMILES string of the molecule is CCOc1ccccc1C(N)CC(CC)CC. The van der Waals surface area contributed by atoms with E-state index in [-0.39, 0.29) is 6.04 Å². The minimum Gasteiger partial charge on any atom is -0.494 e. The number of nitrogens with two attached hydrogens (primary N) is 1. The minimum absolute atomic E-state index is 0.0858. The molecule has 0 heterocycles. The zero-order chi connectivity index (χ0) is 12.7. The first-order valence-electron chi connectivity index (χ1n) is 6.70. The number of para-hydroxylation sites is 1. The van der Waals surface area contributed by atoms with Crippen LogP contribution in [-0.4, -0.2) is 6.61 Å². The van der Waals surface area contributed by atoms with Gasteiger partial charge in [-0.15, -0.1) is 0 Å². The van der Waals surface area contributed by atoms with Gasteiger partial charge in [0, 0.05) is 11.6 Å². The third kappa shape index (κ3) is 4.04. The van der Waals surface area contributed by atoms with E-state index in [2.05, 4.69) is 19.9 Å². The molecule has 1 unspecified atom stereocenters. The molecular weight excluding hydrogens is 210 g/mol. The topological polar surface area (TPSA) is 35.2 Å². The largest absolute Gasteiger partial charge is 0.494 e. The van der Waals surface area contributed by atoms with Gasteiger partial charge in [-0.1, -0.05) is 44.9 Å². The summed E-state index contributed by atoms with van der Waals surface area (Å²) < 4.78 is 5.63. The summed E-state index contributed by atoms with van der Waals surface area (Å²) in [6.07, 6.45) is 3.43. The lowest BCUT2D eigenvalue weighted by Gasteiger charge is -2.20. The lowest BCUT2D eigenvalue weighted by molar-refractivity contribution is 0.329. The summed E-state index contributed by atoms with van der Waals surface area (Å²) in [5, 5.41) is 0. The van der Waals surface area contributed by atoms with E-state index in [9.17, 15) is 0 Å². The van der Waals surface area contributed by atoms with E-state index in [1.807, 2.05) is 25.1 Å². The molecule has 0 aliphatic carbocycles. The Bertz CT molecular complexity index is 320. The van der Waals surface area contributed by atoms with Crippen molar-refractivity contribution in [3.8, 4) is 5.75 Å². The molecule has 0 spiro atoms. The summed E-state index contributed by atoms with van der Waals surface area (Å²) in [5.41, 5.74) is 7.44. The Morgan fingerprint density at radius 2 is 1.76 bits per heavy atom. The monoisotopic (exact) mass is 235 g/mol. The first-order chi connectivity index (χ1) is 8.22. The van der Waals surface area contributed by atoms with Gasteiger partial charge in [0.25, 0.3) is 0 Å². The maximum Gasteiger partial charge on any atom is 0.124 e. The summed E-state index contributed by atoms with van der Waals surface area (Å²) in [7, 11) is 0. The highest BCUT2D eigenvalue weighted by Gasteiger charge is 2.15. The second-order valence-electron chi connectivity index (χ2n) is 4.50. The Hall–Kier alpha value is -1.02. The summed E-state index contributed by atoms with van der Waals surface area (Å²) in [6, 6.07) is 8.20. The highest BCUT2D eigenvalue weighted by molar-refractivity contribution is 5.35. The molecular formula is C15H25NO. The molecule has 17 heavy (non-hydrogen) atoms. The fourth-order valence-corrected chi connectivity index (χ4v) is 2.18. The molecule has 1 aromatic carbocycles. The van der Waals surface area contributed by atoms with Crippen LogP contribution in [-0.2, 0) is 0 Å². The Morgan fingerprint density at radius 3 is 2.35 bits per heavy atom. The fraction of sp³-hybridized carbons (Fsp3) is 0.600. The van der Waals surface area contributed by atoms with Gasteiger partial charge in [0.2, 0.25) is 0 Å². The van der Waals surface area contributed by atoms with Crippen LogP contribution in [0.3, 0.4) is 0 Å². The summed E-state index contributed by atoms with van der Waals surface area (Å²) >= 11 is 0. The van der Waals surface area contributed by atoms with Crippen LogP contribution in [0.4, 0.5) is 0 Å². The van der Waals surface area contributed by atoms with Crippen LogP contribution in [0.5, 0.6) is 5.75 Å². The highest BCUT2D eigenvalue weighted by Crippen LogP contribution is 2.29. The lowest BCUT2D eigenvalue weighted by Crippen LogP contribution is -2.16. The molecule has 0 saturated carbocycles. The third-order valence-corrected chi connectivity index (χ3v) is 3.36. The smallest absolute Gasteiger partial charge is 0.124 e. The predicted molar refractivity (Wildman–Crippen MR) is 73.2 cm³/mol.